The van der Waals surface area contributed by atoms with Gasteiger partial charge in [0.2, 0.25) is 11.8 Å². The fourth-order valence-corrected chi connectivity index (χ4v) is 4.86. The smallest absolute Gasteiger partial charge is 0.408 e. The number of carbonyl (C=O) groups is 5. The highest BCUT2D eigenvalue weighted by Crippen LogP contribution is 2.19. The maximum Gasteiger partial charge on any atom is 0.408 e. The minimum atomic E-state index is -1.32. The predicted octanol–water partition coefficient (Wildman–Crippen LogP) is 2.58. The molecule has 3 aromatic rings. The summed E-state index contributed by atoms with van der Waals surface area (Å²) in [4.78, 5) is 65.3. The molecule has 3 aromatic carbocycles. The van der Waals surface area contributed by atoms with E-state index in [1.54, 1.807) is 36.4 Å². The Morgan fingerprint density at radius 3 is 2.46 bits per heavy atom. The van der Waals surface area contributed by atoms with Crippen LogP contribution in [0, 0.1) is 5.92 Å². The highest BCUT2D eigenvalue weighted by molar-refractivity contribution is 6.00. The number of hydrogen-bond acceptors (Lipinski definition) is 9. The van der Waals surface area contributed by atoms with Crippen molar-refractivity contribution in [2.45, 2.75) is 38.0 Å². The lowest BCUT2D eigenvalue weighted by Gasteiger charge is -2.24. The van der Waals surface area contributed by atoms with Gasteiger partial charge >= 0.3 is 12.1 Å². The average Bonchev–Trinajstić information content (AvgIpc) is 3.09. The lowest BCUT2D eigenvalue weighted by molar-refractivity contribution is -0.148. The summed E-state index contributed by atoms with van der Waals surface area (Å²) >= 11 is 0. The van der Waals surface area contributed by atoms with Gasteiger partial charge in [-0.05, 0) is 41.3 Å². The molecule has 3 atom stereocenters. The van der Waals surface area contributed by atoms with Gasteiger partial charge in [0, 0.05) is 18.7 Å². The number of aliphatic hydroxyl groups is 1. The summed E-state index contributed by atoms with van der Waals surface area (Å²) in [6, 6.07) is 19.5. The fourth-order valence-electron chi connectivity index (χ4n) is 4.86. The Labute approximate surface area is 278 Å². The molecule has 3 unspecified atom stereocenters. The number of hydrogen-bond donors (Lipinski definition) is 5. The number of carbonyl (C=O) groups excluding carboxylic acids is 5. The zero-order valence-corrected chi connectivity index (χ0v) is 26.4. The minimum absolute atomic E-state index is 0.00929. The first-order valence-electron chi connectivity index (χ1n) is 15.7. The van der Waals surface area contributed by atoms with E-state index in [0.29, 0.717) is 5.69 Å². The number of anilines is 1. The molecule has 0 saturated carbocycles. The second kappa shape index (κ2) is 18.8. The molecule has 0 radical (unpaired) electrons. The molecule has 1 aliphatic rings. The Bertz CT molecular complexity index is 1580. The molecule has 254 valence electrons. The number of allylic oxidation sites excluding steroid dienone is 1. The number of alkyl carbamates (subject to hydrolysis) is 1. The summed E-state index contributed by atoms with van der Waals surface area (Å²) in [5.74, 6) is -3.33. The van der Waals surface area contributed by atoms with Crippen molar-refractivity contribution >= 4 is 46.2 Å². The van der Waals surface area contributed by atoms with Crippen molar-refractivity contribution in [3.05, 3.63) is 90.5 Å². The first kappa shape index (κ1) is 35.6. The van der Waals surface area contributed by atoms with Crippen LogP contribution >= 0.6 is 0 Å². The molecule has 4 amide bonds. The van der Waals surface area contributed by atoms with Gasteiger partial charge in [0.1, 0.15) is 25.3 Å². The quantitative estimate of drug-likeness (QED) is 0.111. The Balaban J connectivity index is 1.47. The molecule has 0 saturated heterocycles. The summed E-state index contributed by atoms with van der Waals surface area (Å²) < 4.78 is 15.9. The second-order valence-corrected chi connectivity index (χ2v) is 11.0. The number of benzene rings is 3. The van der Waals surface area contributed by atoms with Crippen molar-refractivity contribution in [3.8, 4) is 0 Å². The van der Waals surface area contributed by atoms with E-state index in [4.69, 9.17) is 19.3 Å². The van der Waals surface area contributed by atoms with Crippen molar-refractivity contribution in [2.75, 3.05) is 38.3 Å². The highest BCUT2D eigenvalue weighted by Gasteiger charge is 2.30. The van der Waals surface area contributed by atoms with Crippen LogP contribution in [0.15, 0.2) is 84.9 Å². The molecule has 0 bridgehead atoms. The normalized spacial score (nSPS) is 18.4. The van der Waals surface area contributed by atoms with E-state index in [-0.39, 0.29) is 52.2 Å². The molecule has 1 heterocycles. The van der Waals surface area contributed by atoms with E-state index in [1.165, 1.54) is 0 Å². The Morgan fingerprint density at radius 1 is 0.917 bits per heavy atom. The van der Waals surface area contributed by atoms with Gasteiger partial charge in [-0.15, -0.1) is 0 Å². The van der Waals surface area contributed by atoms with Crippen LogP contribution in [-0.2, 0) is 40.0 Å². The number of esters is 1. The summed E-state index contributed by atoms with van der Waals surface area (Å²) in [5, 5.41) is 21.3. The molecule has 13 nitrogen and oxygen atoms in total. The van der Waals surface area contributed by atoms with Crippen molar-refractivity contribution in [2.24, 2.45) is 5.92 Å². The number of fused-ring (bicyclic) bond motifs is 1. The van der Waals surface area contributed by atoms with E-state index in [0.717, 1.165) is 16.3 Å². The molecular weight excluding hydrogens is 620 g/mol. The molecule has 0 aromatic heterocycles. The van der Waals surface area contributed by atoms with Gasteiger partial charge in [-0.2, -0.15) is 0 Å². The maximum atomic E-state index is 13.5. The first-order valence-corrected chi connectivity index (χ1v) is 15.7. The van der Waals surface area contributed by atoms with Crippen LogP contribution in [0.25, 0.3) is 10.8 Å². The van der Waals surface area contributed by atoms with Gasteiger partial charge in [-0.3, -0.25) is 14.4 Å². The molecule has 4 rings (SSSR count). The summed E-state index contributed by atoms with van der Waals surface area (Å²) in [6.45, 7) is -0.175. The van der Waals surface area contributed by atoms with Gasteiger partial charge in [0.05, 0.1) is 25.7 Å². The second-order valence-electron chi connectivity index (χ2n) is 11.0. The molecule has 13 heteroatoms. The number of nitrogens with one attached hydrogen (secondary N) is 4. The van der Waals surface area contributed by atoms with Crippen molar-refractivity contribution in [3.63, 3.8) is 0 Å². The Kier molecular flexibility index (Phi) is 13.9. The fraction of sp³-hybridized carbons (Fsp3) is 0.343. The third kappa shape index (κ3) is 11.5. The first-order chi connectivity index (χ1) is 23.3. The molecule has 0 aliphatic carbocycles. The molecule has 0 spiro atoms. The predicted molar refractivity (Wildman–Crippen MR) is 176 cm³/mol. The van der Waals surface area contributed by atoms with Crippen molar-refractivity contribution < 1.29 is 43.3 Å². The highest BCUT2D eigenvalue weighted by atomic mass is 16.6. The van der Waals surface area contributed by atoms with Crippen LogP contribution in [0.5, 0.6) is 0 Å². The van der Waals surface area contributed by atoms with E-state index >= 15 is 0 Å². The third-order valence-corrected chi connectivity index (χ3v) is 7.40. The van der Waals surface area contributed by atoms with Gasteiger partial charge in [0.25, 0.3) is 5.91 Å². The van der Waals surface area contributed by atoms with Crippen LogP contribution in [0.1, 0.15) is 24.8 Å². The SMILES string of the molecule is O=C(CC1CC=CCC(NC(=O)OCc2ccccc2)C(=O)OCC(C(=O)Nc2ccc3ccccc3c2)NC1=O)NCCOCCO. The number of cyclic esters (lactones) is 1. The zero-order valence-electron chi connectivity index (χ0n) is 26.4. The maximum absolute atomic E-state index is 13.5. The average molecular weight is 661 g/mol. The van der Waals surface area contributed by atoms with Crippen LogP contribution in [0.3, 0.4) is 0 Å². The van der Waals surface area contributed by atoms with E-state index in [9.17, 15) is 24.0 Å². The molecular formula is C35H40N4O9. The number of amides is 4. The minimum Gasteiger partial charge on any atom is -0.461 e. The van der Waals surface area contributed by atoms with Gasteiger partial charge in [0.15, 0.2) is 0 Å². The van der Waals surface area contributed by atoms with Gasteiger partial charge in [-0.25, -0.2) is 9.59 Å². The molecule has 0 fully saturated rings. The van der Waals surface area contributed by atoms with Crippen LogP contribution in [0.2, 0.25) is 0 Å². The summed E-state index contributed by atoms with van der Waals surface area (Å²) in [6.07, 6.45) is 2.33. The Hall–Kier alpha value is -5.27. The largest absolute Gasteiger partial charge is 0.461 e. The lowest BCUT2D eigenvalue weighted by atomic mass is 9.98. The molecule has 5 N–H and O–H groups in total. The van der Waals surface area contributed by atoms with Crippen LogP contribution < -0.4 is 21.3 Å². The zero-order chi connectivity index (χ0) is 34.1. The van der Waals surface area contributed by atoms with Crippen molar-refractivity contribution in [1.82, 2.24) is 16.0 Å². The third-order valence-electron chi connectivity index (χ3n) is 7.40. The molecule has 48 heavy (non-hydrogen) atoms. The topological polar surface area (TPSA) is 181 Å². The number of rotatable bonds is 12. The Morgan fingerprint density at radius 2 is 1.67 bits per heavy atom. The van der Waals surface area contributed by atoms with Crippen LogP contribution in [0.4, 0.5) is 10.5 Å². The van der Waals surface area contributed by atoms with Gasteiger partial charge < -0.3 is 40.6 Å². The van der Waals surface area contributed by atoms with Crippen LogP contribution in [-0.4, -0.2) is 79.9 Å². The van der Waals surface area contributed by atoms with E-state index in [2.05, 4.69) is 21.3 Å². The monoisotopic (exact) mass is 660 g/mol. The van der Waals surface area contributed by atoms with Gasteiger partial charge in [-0.1, -0.05) is 72.8 Å². The lowest BCUT2D eigenvalue weighted by Crippen LogP contribution is -2.51. The standard InChI is InChI=1S/C35H40N4O9/c40-17-19-46-18-16-36-31(41)21-27-12-6-7-13-29(39-35(45)48-22-24-8-2-1-3-9-24)34(44)47-23-30(38-32(27)42)33(43)37-28-15-14-25-10-4-5-11-26(25)20-28/h1-11,14-15,20,27,29-30,40H,12-13,16-19,21-23H2,(H,36,41)(H,37,43)(H,38,42)(H,39,45). The van der Waals surface area contributed by atoms with E-state index < -0.39 is 54.4 Å². The molecule has 1 aliphatic heterocycles. The summed E-state index contributed by atoms with van der Waals surface area (Å²) in [7, 11) is 0. The summed E-state index contributed by atoms with van der Waals surface area (Å²) in [5.41, 5.74) is 1.23. The number of aliphatic hydroxyl groups excluding tert-OH is 1. The van der Waals surface area contributed by atoms with Crippen molar-refractivity contribution in [1.29, 1.82) is 0 Å². The van der Waals surface area contributed by atoms with E-state index in [1.807, 2.05) is 48.5 Å². The number of ether oxygens (including phenoxy) is 3.